The topological polar surface area (TPSA) is 154 Å². The lowest BCUT2D eigenvalue weighted by Crippen LogP contribution is -2.40. The van der Waals surface area contributed by atoms with Gasteiger partial charge < -0.3 is 15.0 Å². The van der Waals surface area contributed by atoms with E-state index in [9.17, 15) is 22.9 Å². The molecule has 36 heavy (non-hydrogen) atoms. The predicted molar refractivity (Wildman–Crippen MR) is 136 cm³/mol. The fraction of sp³-hybridized carbons (Fsp3) is 0.286. The van der Waals surface area contributed by atoms with Crippen LogP contribution in [0, 0.1) is 0 Å². The Labute approximate surface area is 224 Å². The first-order chi connectivity index (χ1) is 17.1. The predicted octanol–water partition coefficient (Wildman–Crippen LogP) is 3.03. The standard InChI is InChI=1S/C21H20Cl2N4O6S3/c1-33-36(31,32)27-15-6-12(7-16(15)28)26-21-14(9-24-10-25-21)19(29)17-8-18(20(23)34-17)35(30)13-4-2-3-11(22)5-13/h2-5,8-10,12,15-16,27-28H,6-7H2,1H3,(H,24,25,26)/t12-,15-,16+,35-/m1/s1. The van der Waals surface area contributed by atoms with Gasteiger partial charge >= 0.3 is 10.3 Å². The number of aliphatic hydroxyl groups excluding tert-OH is 1. The fourth-order valence-electron chi connectivity index (χ4n) is 3.73. The summed E-state index contributed by atoms with van der Waals surface area (Å²) in [4.78, 5) is 22.4. The van der Waals surface area contributed by atoms with Crippen molar-refractivity contribution in [1.29, 1.82) is 0 Å². The molecule has 2 heterocycles. The minimum Gasteiger partial charge on any atom is -0.606 e. The first-order valence-electron chi connectivity index (χ1n) is 10.4. The van der Waals surface area contributed by atoms with Crippen LogP contribution in [0.2, 0.25) is 9.36 Å². The van der Waals surface area contributed by atoms with Crippen molar-refractivity contribution < 1.29 is 27.1 Å². The van der Waals surface area contributed by atoms with Crippen LogP contribution in [0.3, 0.4) is 0 Å². The molecule has 2 aromatic heterocycles. The molecule has 0 aliphatic heterocycles. The highest BCUT2D eigenvalue weighted by atomic mass is 35.5. The molecule has 1 aliphatic rings. The normalized spacial score (nSPS) is 20.9. The Morgan fingerprint density at radius 2 is 2.08 bits per heavy atom. The SMILES string of the molecule is COS(=O)(=O)N[C@@H]1C[C@@H](Nc2ncncc2C(=O)c2cc([S@+]([O-])c3cccc(Cl)c3)c(Cl)s2)C[C@@H]1O. The minimum atomic E-state index is -3.98. The van der Waals surface area contributed by atoms with Crippen LogP contribution in [0.5, 0.6) is 0 Å². The van der Waals surface area contributed by atoms with E-state index in [1.165, 1.54) is 18.6 Å². The zero-order valence-electron chi connectivity index (χ0n) is 18.6. The maximum absolute atomic E-state index is 13.3. The van der Waals surface area contributed by atoms with Crippen molar-refractivity contribution in [3.63, 3.8) is 0 Å². The molecule has 1 saturated carbocycles. The van der Waals surface area contributed by atoms with E-state index in [1.807, 2.05) is 0 Å². The second-order valence-electron chi connectivity index (χ2n) is 7.81. The number of aliphatic hydroxyl groups is 1. The lowest BCUT2D eigenvalue weighted by atomic mass is 10.1. The van der Waals surface area contributed by atoms with Crippen LogP contribution in [0.25, 0.3) is 0 Å². The third-order valence-corrected chi connectivity index (χ3v) is 9.70. The number of nitrogens with one attached hydrogen (secondary N) is 2. The van der Waals surface area contributed by atoms with E-state index >= 15 is 0 Å². The molecule has 0 saturated heterocycles. The van der Waals surface area contributed by atoms with E-state index in [-0.39, 0.29) is 44.4 Å². The Bertz CT molecular complexity index is 1370. The van der Waals surface area contributed by atoms with E-state index in [0.29, 0.717) is 9.92 Å². The van der Waals surface area contributed by atoms with Gasteiger partial charge in [0, 0.05) is 40.6 Å². The Morgan fingerprint density at radius 1 is 1.31 bits per heavy atom. The molecule has 10 nitrogen and oxygen atoms in total. The summed E-state index contributed by atoms with van der Waals surface area (Å²) < 4.78 is 43.3. The lowest BCUT2D eigenvalue weighted by Gasteiger charge is -2.16. The number of rotatable bonds is 9. The third-order valence-electron chi connectivity index (χ3n) is 5.43. The van der Waals surface area contributed by atoms with Gasteiger partial charge in [-0.15, -0.1) is 11.3 Å². The Balaban J connectivity index is 1.53. The Kier molecular flexibility index (Phi) is 8.54. The molecule has 0 amide bonds. The highest BCUT2D eigenvalue weighted by molar-refractivity contribution is 7.91. The van der Waals surface area contributed by atoms with Gasteiger partial charge in [0.15, 0.2) is 9.79 Å². The first kappa shape index (κ1) is 27.2. The van der Waals surface area contributed by atoms with E-state index in [1.54, 1.807) is 24.3 Å². The van der Waals surface area contributed by atoms with Crippen molar-refractivity contribution in [1.82, 2.24) is 14.7 Å². The number of nitrogens with zero attached hydrogens (tertiary/aromatic N) is 2. The van der Waals surface area contributed by atoms with Crippen LogP contribution in [0.1, 0.15) is 28.1 Å². The van der Waals surface area contributed by atoms with E-state index in [0.717, 1.165) is 18.4 Å². The molecule has 3 N–H and O–H groups in total. The van der Waals surface area contributed by atoms with Gasteiger partial charge in [-0.05, 0) is 25.0 Å². The molecule has 0 unspecified atom stereocenters. The zero-order valence-corrected chi connectivity index (χ0v) is 22.5. The molecular formula is C21H20Cl2N4O6S3. The van der Waals surface area contributed by atoms with Gasteiger partial charge in [0.05, 0.1) is 29.7 Å². The number of ketones is 1. The first-order valence-corrected chi connectivity index (χ1v) is 14.5. The third kappa shape index (κ3) is 6.18. The van der Waals surface area contributed by atoms with Crippen molar-refractivity contribution in [2.24, 2.45) is 0 Å². The summed E-state index contributed by atoms with van der Waals surface area (Å²) in [6.07, 6.45) is 2.08. The average molecular weight is 592 g/mol. The second kappa shape index (κ2) is 11.3. The highest BCUT2D eigenvalue weighted by Crippen LogP contribution is 2.37. The van der Waals surface area contributed by atoms with Gasteiger partial charge in [-0.3, -0.25) is 8.98 Å². The number of aromatic nitrogens is 2. The molecule has 1 fully saturated rings. The number of anilines is 1. The largest absolute Gasteiger partial charge is 0.606 e. The number of carbonyl (C=O) groups is 1. The van der Waals surface area contributed by atoms with Crippen molar-refractivity contribution >= 4 is 67.6 Å². The lowest BCUT2D eigenvalue weighted by molar-refractivity contribution is 0.104. The Hall–Kier alpha value is -1.81. The maximum atomic E-state index is 13.3. The van der Waals surface area contributed by atoms with Gasteiger partial charge in [-0.25, -0.2) is 9.97 Å². The Morgan fingerprint density at radius 3 is 2.81 bits per heavy atom. The summed E-state index contributed by atoms with van der Waals surface area (Å²) in [7, 11) is -2.96. The number of carbonyl (C=O) groups excluding carboxylic acids is 1. The van der Waals surface area contributed by atoms with Crippen molar-refractivity contribution in [2.45, 2.75) is 40.8 Å². The number of hydrogen-bond donors (Lipinski definition) is 3. The van der Waals surface area contributed by atoms with E-state index < -0.39 is 39.4 Å². The van der Waals surface area contributed by atoms with Crippen LogP contribution < -0.4 is 10.0 Å². The molecule has 192 valence electrons. The van der Waals surface area contributed by atoms with E-state index in [4.69, 9.17) is 23.2 Å². The van der Waals surface area contributed by atoms with Gasteiger partial charge in [-0.2, -0.15) is 13.1 Å². The van der Waals surface area contributed by atoms with Gasteiger partial charge in [-0.1, -0.05) is 29.3 Å². The summed E-state index contributed by atoms with van der Waals surface area (Å²) in [5.41, 5.74) is 0.144. The monoisotopic (exact) mass is 590 g/mol. The number of halogens is 2. The number of thiophene rings is 1. The molecule has 15 heteroatoms. The molecule has 0 radical (unpaired) electrons. The van der Waals surface area contributed by atoms with Crippen LogP contribution in [0.15, 0.2) is 52.6 Å². The summed E-state index contributed by atoms with van der Waals surface area (Å²) in [6.45, 7) is 0. The van der Waals surface area contributed by atoms with E-state index in [2.05, 4.69) is 24.2 Å². The summed E-state index contributed by atoms with van der Waals surface area (Å²) in [5, 5.41) is 13.8. The van der Waals surface area contributed by atoms with Crippen LogP contribution in [0.4, 0.5) is 5.82 Å². The molecule has 3 aromatic rings. The van der Waals surface area contributed by atoms with Crippen LogP contribution in [-0.4, -0.2) is 59.1 Å². The zero-order chi connectivity index (χ0) is 26.0. The van der Waals surface area contributed by atoms with Crippen LogP contribution >= 0.6 is 34.5 Å². The number of benzene rings is 1. The maximum Gasteiger partial charge on any atom is 0.335 e. The number of hydrogen-bond acceptors (Lipinski definition) is 10. The fourth-order valence-corrected chi connectivity index (χ4v) is 7.44. The quantitative estimate of drug-likeness (QED) is 0.252. The molecule has 0 spiro atoms. The van der Waals surface area contributed by atoms with Gasteiger partial charge in [0.1, 0.15) is 16.5 Å². The molecule has 1 aliphatic carbocycles. The van der Waals surface area contributed by atoms with Gasteiger partial charge in [0.2, 0.25) is 5.78 Å². The molecule has 1 aromatic carbocycles. The van der Waals surface area contributed by atoms with Crippen molar-refractivity contribution in [2.75, 3.05) is 12.4 Å². The smallest absolute Gasteiger partial charge is 0.335 e. The molecule has 4 atom stereocenters. The summed E-state index contributed by atoms with van der Waals surface area (Å²) in [5.74, 6) is -0.223. The highest BCUT2D eigenvalue weighted by Gasteiger charge is 2.36. The summed E-state index contributed by atoms with van der Waals surface area (Å²) in [6, 6.07) is 6.87. The average Bonchev–Trinajstić information content (AvgIpc) is 3.40. The minimum absolute atomic E-state index is 0.144. The molecular weight excluding hydrogens is 571 g/mol. The van der Waals surface area contributed by atoms with Crippen molar-refractivity contribution in [3.8, 4) is 0 Å². The molecule has 0 bridgehead atoms. The van der Waals surface area contributed by atoms with Gasteiger partial charge in [0.25, 0.3) is 0 Å². The second-order valence-corrected chi connectivity index (χ2v) is 12.8. The summed E-state index contributed by atoms with van der Waals surface area (Å²) >= 11 is 11.7. The van der Waals surface area contributed by atoms with Crippen molar-refractivity contribution in [3.05, 3.63) is 62.7 Å². The molecule has 4 rings (SSSR count). The van der Waals surface area contributed by atoms with Crippen LogP contribution in [-0.2, 0) is 25.7 Å².